The second-order valence-corrected chi connectivity index (χ2v) is 9.59. The number of amides is 1. The lowest BCUT2D eigenvalue weighted by Gasteiger charge is -2.36. The summed E-state index contributed by atoms with van der Waals surface area (Å²) in [7, 11) is 0. The van der Waals surface area contributed by atoms with Crippen molar-refractivity contribution in [3.63, 3.8) is 0 Å². The minimum absolute atomic E-state index is 0.121. The molecule has 3 heterocycles. The first-order valence-electron chi connectivity index (χ1n) is 12.6. The minimum Gasteiger partial charge on any atom is -0.507 e. The zero-order chi connectivity index (χ0) is 26.2. The van der Waals surface area contributed by atoms with Crippen molar-refractivity contribution in [2.45, 2.75) is 19.4 Å². The number of aromatic nitrogens is 2. The summed E-state index contributed by atoms with van der Waals surface area (Å²) in [6, 6.07) is 18.6. The van der Waals surface area contributed by atoms with Gasteiger partial charge >= 0.3 is 0 Å². The molecule has 9 nitrogen and oxygen atoms in total. The maximum Gasteiger partial charge on any atom is 0.251 e. The number of aromatic hydroxyl groups is 1. The van der Waals surface area contributed by atoms with Crippen LogP contribution in [0, 0.1) is 6.92 Å². The Hall–Kier alpha value is -4.37. The molecule has 0 radical (unpaired) electrons. The van der Waals surface area contributed by atoms with Crippen molar-refractivity contribution in [3.8, 4) is 28.6 Å². The number of anilines is 1. The highest BCUT2D eigenvalue weighted by atomic mass is 16.7. The summed E-state index contributed by atoms with van der Waals surface area (Å²) in [6.07, 6.45) is -1.02. The Morgan fingerprint density at radius 2 is 1.82 bits per heavy atom. The van der Waals surface area contributed by atoms with Crippen molar-refractivity contribution in [1.82, 2.24) is 14.9 Å². The summed E-state index contributed by atoms with van der Waals surface area (Å²) < 4.78 is 10.9. The summed E-state index contributed by atoms with van der Waals surface area (Å²) in [4.78, 5) is 26.5. The smallest absolute Gasteiger partial charge is 0.251 e. The summed E-state index contributed by atoms with van der Waals surface area (Å²) in [6.45, 7) is 4.16. The van der Waals surface area contributed by atoms with Gasteiger partial charge in [0, 0.05) is 43.5 Å². The van der Waals surface area contributed by atoms with Gasteiger partial charge in [-0.3, -0.25) is 4.79 Å². The lowest BCUT2D eigenvalue weighted by Crippen LogP contribution is -2.52. The van der Waals surface area contributed by atoms with E-state index in [2.05, 4.69) is 4.90 Å². The molecular formula is C29H28N4O5. The van der Waals surface area contributed by atoms with Crippen molar-refractivity contribution in [2.75, 3.05) is 37.9 Å². The Balaban J connectivity index is 1.21. The standard InChI is InChI=1S/C29H28N4O5/c1-18-9-10-20-22(15-18)30-27(21-6-2-3-7-23(21)34)31-28(20)32-11-13-33(14-12-32)29(36)24(35)16-19-5-4-8-25-26(19)38-17-37-25/h2-10,15,24,34-35H,11-14,16-17H2,1H3/t24-/m1/s1. The number of phenols is 1. The molecule has 38 heavy (non-hydrogen) atoms. The Labute approximate surface area is 219 Å². The van der Waals surface area contributed by atoms with E-state index in [0.717, 1.165) is 27.8 Å². The van der Waals surface area contributed by atoms with E-state index in [1.165, 1.54) is 0 Å². The average Bonchev–Trinajstić information content (AvgIpc) is 3.42. The van der Waals surface area contributed by atoms with Gasteiger partial charge < -0.3 is 29.5 Å². The van der Waals surface area contributed by atoms with Crippen LogP contribution in [0.15, 0.2) is 60.7 Å². The van der Waals surface area contributed by atoms with Gasteiger partial charge in [0.2, 0.25) is 6.79 Å². The predicted molar refractivity (Wildman–Crippen MR) is 142 cm³/mol. The number of aryl methyl sites for hydroxylation is 1. The number of phenolic OH excluding ortho intramolecular Hbond substituents is 1. The van der Waals surface area contributed by atoms with Gasteiger partial charge in [-0.1, -0.05) is 30.3 Å². The van der Waals surface area contributed by atoms with Crippen LogP contribution in [0.3, 0.4) is 0 Å². The normalized spacial score (nSPS) is 15.6. The molecule has 0 spiro atoms. The van der Waals surface area contributed by atoms with E-state index in [1.807, 2.05) is 49.4 Å². The van der Waals surface area contributed by atoms with Crippen LogP contribution in [0.1, 0.15) is 11.1 Å². The molecule has 1 aromatic heterocycles. The molecule has 0 aliphatic carbocycles. The molecule has 2 N–H and O–H groups in total. The van der Waals surface area contributed by atoms with Crippen molar-refractivity contribution < 1.29 is 24.5 Å². The highest BCUT2D eigenvalue weighted by Gasteiger charge is 2.29. The molecule has 0 unspecified atom stereocenters. The van der Waals surface area contributed by atoms with Crippen LogP contribution in [0.4, 0.5) is 5.82 Å². The molecule has 9 heteroatoms. The van der Waals surface area contributed by atoms with Crippen LogP contribution in [-0.2, 0) is 11.2 Å². The number of carbonyl (C=O) groups excluding carboxylic acids is 1. The van der Waals surface area contributed by atoms with Crippen molar-refractivity contribution in [3.05, 3.63) is 71.8 Å². The Morgan fingerprint density at radius 1 is 1.00 bits per heavy atom. The zero-order valence-corrected chi connectivity index (χ0v) is 21.0. The maximum atomic E-state index is 13.1. The summed E-state index contributed by atoms with van der Waals surface area (Å²) in [5.41, 5.74) is 3.19. The second-order valence-electron chi connectivity index (χ2n) is 9.59. The first kappa shape index (κ1) is 24.0. The predicted octanol–water partition coefficient (Wildman–Crippen LogP) is 3.29. The number of rotatable bonds is 5. The number of fused-ring (bicyclic) bond motifs is 2. The quantitative estimate of drug-likeness (QED) is 0.420. The fourth-order valence-corrected chi connectivity index (χ4v) is 5.04. The number of hydrogen-bond acceptors (Lipinski definition) is 8. The van der Waals surface area contributed by atoms with Gasteiger partial charge in [-0.15, -0.1) is 0 Å². The number of hydrogen-bond donors (Lipinski definition) is 2. The van der Waals surface area contributed by atoms with Gasteiger partial charge in [-0.2, -0.15) is 0 Å². The molecule has 0 saturated carbocycles. The van der Waals surface area contributed by atoms with E-state index in [4.69, 9.17) is 19.4 Å². The first-order valence-corrected chi connectivity index (χ1v) is 12.6. The molecule has 2 aliphatic rings. The Kier molecular flexibility index (Phi) is 6.21. The van der Waals surface area contributed by atoms with E-state index in [1.54, 1.807) is 23.1 Å². The number of benzene rings is 3. The fraction of sp³-hybridized carbons (Fsp3) is 0.276. The molecule has 1 amide bonds. The van der Waals surface area contributed by atoms with E-state index in [9.17, 15) is 15.0 Å². The number of piperazine rings is 1. The molecule has 1 saturated heterocycles. The topological polar surface area (TPSA) is 108 Å². The van der Waals surface area contributed by atoms with E-state index >= 15 is 0 Å². The minimum atomic E-state index is -1.17. The van der Waals surface area contributed by atoms with E-state index < -0.39 is 6.10 Å². The first-order chi connectivity index (χ1) is 18.5. The lowest BCUT2D eigenvalue weighted by molar-refractivity contribution is -0.140. The highest BCUT2D eigenvalue weighted by molar-refractivity contribution is 5.92. The lowest BCUT2D eigenvalue weighted by atomic mass is 10.0. The average molecular weight is 513 g/mol. The van der Waals surface area contributed by atoms with Gasteiger partial charge in [0.1, 0.15) is 17.7 Å². The van der Waals surface area contributed by atoms with Crippen molar-refractivity contribution >= 4 is 22.6 Å². The fourth-order valence-electron chi connectivity index (χ4n) is 5.04. The van der Waals surface area contributed by atoms with Crippen LogP contribution < -0.4 is 14.4 Å². The van der Waals surface area contributed by atoms with Crippen LogP contribution in [0.25, 0.3) is 22.3 Å². The van der Waals surface area contributed by atoms with E-state index in [0.29, 0.717) is 49.1 Å². The highest BCUT2D eigenvalue weighted by Crippen LogP contribution is 2.36. The summed E-state index contributed by atoms with van der Waals surface area (Å²) >= 11 is 0. The largest absolute Gasteiger partial charge is 0.507 e. The number of aliphatic hydroxyl groups is 1. The molecule has 4 aromatic rings. The molecule has 0 bridgehead atoms. The van der Waals surface area contributed by atoms with Gasteiger partial charge in [-0.05, 0) is 42.8 Å². The van der Waals surface area contributed by atoms with Crippen LogP contribution in [0.5, 0.6) is 17.2 Å². The molecule has 194 valence electrons. The van der Waals surface area contributed by atoms with Crippen LogP contribution in [-0.4, -0.2) is 70.1 Å². The molecule has 6 rings (SSSR count). The third-order valence-corrected chi connectivity index (χ3v) is 7.04. The number of aliphatic hydroxyl groups excluding tert-OH is 1. The molecule has 3 aromatic carbocycles. The third-order valence-electron chi connectivity index (χ3n) is 7.04. The van der Waals surface area contributed by atoms with Gasteiger partial charge in [0.05, 0.1) is 11.1 Å². The Morgan fingerprint density at radius 3 is 2.63 bits per heavy atom. The zero-order valence-electron chi connectivity index (χ0n) is 21.0. The monoisotopic (exact) mass is 512 g/mol. The molecular weight excluding hydrogens is 484 g/mol. The molecule has 2 aliphatic heterocycles. The Bertz CT molecular complexity index is 1520. The number of ether oxygens (including phenoxy) is 2. The second kappa shape index (κ2) is 9.83. The van der Waals surface area contributed by atoms with Gasteiger partial charge in [-0.25, -0.2) is 9.97 Å². The molecule has 1 fully saturated rings. The van der Waals surface area contributed by atoms with E-state index in [-0.39, 0.29) is 24.9 Å². The summed E-state index contributed by atoms with van der Waals surface area (Å²) in [5.74, 6) is 2.25. The van der Waals surface area contributed by atoms with Gasteiger partial charge in [0.15, 0.2) is 17.3 Å². The van der Waals surface area contributed by atoms with Crippen molar-refractivity contribution in [1.29, 1.82) is 0 Å². The molecule has 1 atom stereocenters. The maximum absolute atomic E-state index is 13.1. The third kappa shape index (κ3) is 4.45. The van der Waals surface area contributed by atoms with Crippen LogP contribution in [0.2, 0.25) is 0 Å². The van der Waals surface area contributed by atoms with Crippen molar-refractivity contribution in [2.24, 2.45) is 0 Å². The van der Waals surface area contributed by atoms with Gasteiger partial charge in [0.25, 0.3) is 5.91 Å². The number of carbonyl (C=O) groups is 1. The van der Waals surface area contributed by atoms with Crippen LogP contribution >= 0.6 is 0 Å². The SMILES string of the molecule is Cc1ccc2c(N3CCN(C(=O)[C@H](O)Cc4cccc5c4OCO5)CC3)nc(-c3ccccc3O)nc2c1. The number of nitrogens with zero attached hydrogens (tertiary/aromatic N) is 4. The number of para-hydroxylation sites is 2. The summed E-state index contributed by atoms with van der Waals surface area (Å²) in [5, 5.41) is 22.1.